The van der Waals surface area contributed by atoms with Gasteiger partial charge in [-0.1, -0.05) is 0 Å². The number of morpholine rings is 1. The molecule has 0 radical (unpaired) electrons. The van der Waals surface area contributed by atoms with Crippen molar-refractivity contribution in [1.29, 1.82) is 0 Å². The fourth-order valence-electron chi connectivity index (χ4n) is 2.20. The lowest BCUT2D eigenvalue weighted by molar-refractivity contribution is -0.0531. The van der Waals surface area contributed by atoms with Gasteiger partial charge in [0.1, 0.15) is 0 Å². The first-order valence-electron chi connectivity index (χ1n) is 6.06. The van der Waals surface area contributed by atoms with Gasteiger partial charge in [0.2, 0.25) is 0 Å². The van der Waals surface area contributed by atoms with E-state index in [-0.39, 0.29) is 11.6 Å². The fourth-order valence-corrected chi connectivity index (χ4v) is 2.20. The first-order chi connectivity index (χ1) is 7.99. The Morgan fingerprint density at radius 2 is 2.35 bits per heavy atom. The van der Waals surface area contributed by atoms with Gasteiger partial charge in [0.05, 0.1) is 19.4 Å². The molecule has 2 N–H and O–H groups in total. The standard InChI is InChI=1S/C12H22N4O/c1-12(2)9-17-5-4-16(12)8-11(13)10-6-14-15(3)7-10/h6-7,11H,4-5,8-9,13H2,1-3H3. The van der Waals surface area contributed by atoms with Crippen molar-refractivity contribution in [1.82, 2.24) is 14.7 Å². The van der Waals surface area contributed by atoms with Crippen LogP contribution >= 0.6 is 0 Å². The number of ether oxygens (including phenoxy) is 1. The van der Waals surface area contributed by atoms with Gasteiger partial charge < -0.3 is 10.5 Å². The van der Waals surface area contributed by atoms with Gasteiger partial charge in [0.15, 0.2) is 0 Å². The molecule has 1 saturated heterocycles. The second-order valence-electron chi connectivity index (χ2n) is 5.36. The van der Waals surface area contributed by atoms with Crippen LogP contribution in [-0.4, -0.2) is 46.5 Å². The zero-order valence-corrected chi connectivity index (χ0v) is 10.9. The molecule has 1 atom stereocenters. The SMILES string of the molecule is Cn1cc(C(N)CN2CCOCC2(C)C)cn1. The molecule has 2 rings (SSSR count). The Morgan fingerprint density at radius 3 is 2.94 bits per heavy atom. The minimum atomic E-state index is 0.0149. The first kappa shape index (κ1) is 12.5. The Balaban J connectivity index is 2.00. The molecule has 5 heteroatoms. The summed E-state index contributed by atoms with van der Waals surface area (Å²) in [6, 6.07) is 0.0149. The predicted octanol–water partition coefficient (Wildman–Crippen LogP) is 0.531. The topological polar surface area (TPSA) is 56.3 Å². The van der Waals surface area contributed by atoms with Crippen LogP contribution in [0.15, 0.2) is 12.4 Å². The van der Waals surface area contributed by atoms with Crippen molar-refractivity contribution in [3.8, 4) is 0 Å². The van der Waals surface area contributed by atoms with Crippen LogP contribution in [0.4, 0.5) is 0 Å². The second kappa shape index (κ2) is 4.76. The second-order valence-corrected chi connectivity index (χ2v) is 5.36. The quantitative estimate of drug-likeness (QED) is 0.834. The summed E-state index contributed by atoms with van der Waals surface area (Å²) in [5.41, 5.74) is 7.38. The number of rotatable bonds is 3. The van der Waals surface area contributed by atoms with Crippen molar-refractivity contribution in [2.45, 2.75) is 25.4 Å². The van der Waals surface area contributed by atoms with E-state index < -0.39 is 0 Å². The number of nitrogens with two attached hydrogens (primary N) is 1. The van der Waals surface area contributed by atoms with Crippen LogP contribution in [0.1, 0.15) is 25.5 Å². The van der Waals surface area contributed by atoms with Crippen molar-refractivity contribution in [3.63, 3.8) is 0 Å². The molecule has 1 aliphatic rings. The third-order valence-corrected chi connectivity index (χ3v) is 3.39. The normalized spacial score (nSPS) is 22.6. The molecule has 0 saturated carbocycles. The van der Waals surface area contributed by atoms with Gasteiger partial charge in [-0.25, -0.2) is 0 Å². The zero-order valence-electron chi connectivity index (χ0n) is 10.9. The van der Waals surface area contributed by atoms with Crippen molar-refractivity contribution in [2.24, 2.45) is 12.8 Å². The zero-order chi connectivity index (χ0) is 12.5. The molecule has 0 spiro atoms. The van der Waals surface area contributed by atoms with Crippen molar-refractivity contribution < 1.29 is 4.74 Å². The summed E-state index contributed by atoms with van der Waals surface area (Å²) in [6.07, 6.45) is 3.83. The van der Waals surface area contributed by atoms with E-state index in [0.29, 0.717) is 0 Å². The van der Waals surface area contributed by atoms with Crippen LogP contribution in [0.3, 0.4) is 0 Å². The summed E-state index contributed by atoms with van der Waals surface area (Å²) in [4.78, 5) is 2.40. The molecule has 2 heterocycles. The van der Waals surface area contributed by atoms with E-state index in [1.165, 1.54) is 0 Å². The van der Waals surface area contributed by atoms with Crippen LogP contribution in [0.5, 0.6) is 0 Å². The Bertz CT molecular complexity index is 374. The highest BCUT2D eigenvalue weighted by atomic mass is 16.5. The maximum atomic E-state index is 6.22. The van der Waals surface area contributed by atoms with Gasteiger partial charge >= 0.3 is 0 Å². The van der Waals surface area contributed by atoms with Crippen molar-refractivity contribution in [3.05, 3.63) is 18.0 Å². The third-order valence-electron chi connectivity index (χ3n) is 3.39. The summed E-state index contributed by atoms with van der Waals surface area (Å²) < 4.78 is 7.30. The van der Waals surface area contributed by atoms with E-state index in [0.717, 1.165) is 31.9 Å². The van der Waals surface area contributed by atoms with Crippen molar-refractivity contribution >= 4 is 0 Å². The van der Waals surface area contributed by atoms with Gasteiger partial charge in [-0.05, 0) is 13.8 Å². The van der Waals surface area contributed by atoms with E-state index >= 15 is 0 Å². The van der Waals surface area contributed by atoms with Crippen LogP contribution in [0.25, 0.3) is 0 Å². The number of hydrogen-bond donors (Lipinski definition) is 1. The predicted molar refractivity (Wildman–Crippen MR) is 66.6 cm³/mol. The molecule has 96 valence electrons. The molecule has 1 aromatic heterocycles. The summed E-state index contributed by atoms with van der Waals surface area (Å²) in [5.74, 6) is 0. The smallest absolute Gasteiger partial charge is 0.0645 e. The van der Waals surface area contributed by atoms with Gasteiger partial charge in [-0.15, -0.1) is 0 Å². The lowest BCUT2D eigenvalue weighted by atomic mass is 10.0. The minimum Gasteiger partial charge on any atom is -0.378 e. The summed E-state index contributed by atoms with van der Waals surface area (Å²) >= 11 is 0. The molecular formula is C12H22N4O. The minimum absolute atomic E-state index is 0.0149. The Labute approximate surface area is 103 Å². The van der Waals surface area contributed by atoms with E-state index in [1.807, 2.05) is 19.4 Å². The molecule has 0 aliphatic carbocycles. The molecule has 17 heavy (non-hydrogen) atoms. The summed E-state index contributed by atoms with van der Waals surface area (Å²) in [6.45, 7) is 7.75. The number of hydrogen-bond acceptors (Lipinski definition) is 4. The molecule has 1 fully saturated rings. The summed E-state index contributed by atoms with van der Waals surface area (Å²) in [7, 11) is 1.91. The maximum Gasteiger partial charge on any atom is 0.0645 e. The fraction of sp³-hybridized carbons (Fsp3) is 0.750. The molecule has 1 unspecified atom stereocenters. The Morgan fingerprint density at radius 1 is 1.59 bits per heavy atom. The lowest BCUT2D eigenvalue weighted by Gasteiger charge is -2.43. The Kier molecular flexibility index (Phi) is 3.51. The highest BCUT2D eigenvalue weighted by molar-refractivity contribution is 5.10. The molecule has 0 bridgehead atoms. The molecule has 0 amide bonds. The van der Waals surface area contributed by atoms with E-state index in [4.69, 9.17) is 10.5 Å². The highest BCUT2D eigenvalue weighted by Crippen LogP contribution is 2.21. The number of aryl methyl sites for hydroxylation is 1. The largest absolute Gasteiger partial charge is 0.378 e. The lowest BCUT2D eigenvalue weighted by Crippen LogP contribution is -2.54. The average Bonchev–Trinajstić information content (AvgIpc) is 2.68. The molecule has 5 nitrogen and oxygen atoms in total. The van der Waals surface area contributed by atoms with Gasteiger partial charge in [-0.3, -0.25) is 9.58 Å². The molecule has 1 aliphatic heterocycles. The Hall–Kier alpha value is -0.910. The van der Waals surface area contributed by atoms with E-state index in [9.17, 15) is 0 Å². The highest BCUT2D eigenvalue weighted by Gasteiger charge is 2.31. The number of aromatic nitrogens is 2. The van der Waals surface area contributed by atoms with Crippen LogP contribution < -0.4 is 5.73 Å². The van der Waals surface area contributed by atoms with Crippen LogP contribution in [-0.2, 0) is 11.8 Å². The maximum absolute atomic E-state index is 6.22. The molecular weight excluding hydrogens is 216 g/mol. The van der Waals surface area contributed by atoms with E-state index in [1.54, 1.807) is 4.68 Å². The van der Waals surface area contributed by atoms with E-state index in [2.05, 4.69) is 23.8 Å². The monoisotopic (exact) mass is 238 g/mol. The van der Waals surface area contributed by atoms with Crippen LogP contribution in [0.2, 0.25) is 0 Å². The van der Waals surface area contributed by atoms with Crippen LogP contribution in [0, 0.1) is 0 Å². The van der Waals surface area contributed by atoms with Gasteiger partial charge in [0.25, 0.3) is 0 Å². The molecule has 0 aromatic carbocycles. The first-order valence-corrected chi connectivity index (χ1v) is 6.06. The number of nitrogens with zero attached hydrogens (tertiary/aromatic N) is 3. The average molecular weight is 238 g/mol. The molecule has 1 aromatic rings. The van der Waals surface area contributed by atoms with Gasteiger partial charge in [0, 0.05) is 43.5 Å². The summed E-state index contributed by atoms with van der Waals surface area (Å²) in [5, 5.41) is 4.16. The third kappa shape index (κ3) is 2.86. The van der Waals surface area contributed by atoms with Gasteiger partial charge in [-0.2, -0.15) is 5.10 Å². The van der Waals surface area contributed by atoms with Crippen molar-refractivity contribution in [2.75, 3.05) is 26.3 Å².